The topological polar surface area (TPSA) is 46.2 Å². The maximum atomic E-state index is 12.2. The van der Waals surface area contributed by atoms with Gasteiger partial charge in [-0.05, 0) is 18.2 Å². The van der Waals surface area contributed by atoms with E-state index in [0.717, 1.165) is 10.0 Å². The van der Waals surface area contributed by atoms with Crippen LogP contribution in [0, 0.1) is 0 Å². The molecule has 3 nitrogen and oxygen atoms in total. The van der Waals surface area contributed by atoms with Crippen LogP contribution in [0.2, 0.25) is 0 Å². The molecule has 0 saturated heterocycles. The van der Waals surface area contributed by atoms with Gasteiger partial charge in [0.05, 0.1) is 9.80 Å². The monoisotopic (exact) mass is 315 g/mol. The van der Waals surface area contributed by atoms with E-state index in [1.54, 1.807) is 18.2 Å². The molecule has 0 aromatic heterocycles. The summed E-state index contributed by atoms with van der Waals surface area (Å²) in [5.41, 5.74) is 0.757. The summed E-state index contributed by atoms with van der Waals surface area (Å²) in [5.74, 6) is 0. The SMILES string of the molecule is CC(C)NCC1=Cc2c(Br)cccc2S1(=O)=O. The van der Waals surface area contributed by atoms with E-state index in [0.29, 0.717) is 16.3 Å². The predicted molar refractivity (Wildman–Crippen MR) is 72.4 cm³/mol. The summed E-state index contributed by atoms with van der Waals surface area (Å²) in [5, 5.41) is 3.13. The second-order valence-corrected chi connectivity index (χ2v) is 7.13. The lowest BCUT2D eigenvalue weighted by atomic mass is 10.2. The van der Waals surface area contributed by atoms with E-state index in [1.165, 1.54) is 0 Å². The van der Waals surface area contributed by atoms with Crippen molar-refractivity contribution in [3.05, 3.63) is 33.1 Å². The second kappa shape index (κ2) is 4.55. The molecule has 0 unspecified atom stereocenters. The van der Waals surface area contributed by atoms with E-state index >= 15 is 0 Å². The first kappa shape index (κ1) is 12.8. The zero-order valence-corrected chi connectivity index (χ0v) is 12.1. The third-order valence-corrected chi connectivity index (χ3v) is 5.22. The number of hydrogen-bond donors (Lipinski definition) is 1. The molecule has 1 heterocycles. The fraction of sp³-hybridized carbons (Fsp3) is 0.333. The Balaban J connectivity index is 2.40. The van der Waals surface area contributed by atoms with Crippen molar-refractivity contribution in [2.24, 2.45) is 0 Å². The molecule has 1 aromatic rings. The van der Waals surface area contributed by atoms with Gasteiger partial charge >= 0.3 is 0 Å². The van der Waals surface area contributed by atoms with Crippen LogP contribution >= 0.6 is 15.9 Å². The van der Waals surface area contributed by atoms with E-state index in [2.05, 4.69) is 21.2 Å². The van der Waals surface area contributed by atoms with E-state index in [9.17, 15) is 8.42 Å². The summed E-state index contributed by atoms with van der Waals surface area (Å²) in [7, 11) is -3.30. The first-order valence-electron chi connectivity index (χ1n) is 5.40. The highest BCUT2D eigenvalue weighted by molar-refractivity contribution is 9.10. The number of nitrogens with one attached hydrogen (secondary N) is 1. The number of halogens is 1. The van der Waals surface area contributed by atoms with Crippen LogP contribution in [-0.4, -0.2) is 21.0 Å². The summed E-state index contributed by atoms with van der Waals surface area (Å²) in [6.07, 6.45) is 1.74. The van der Waals surface area contributed by atoms with Gasteiger partial charge in [-0.25, -0.2) is 8.42 Å². The Morgan fingerprint density at radius 2 is 2.06 bits per heavy atom. The van der Waals surface area contributed by atoms with Gasteiger partial charge in [0.1, 0.15) is 0 Å². The molecule has 0 bridgehead atoms. The number of sulfone groups is 1. The molecule has 0 spiro atoms. The standard InChI is InChI=1S/C12H14BrNO2S/c1-8(2)14-7-9-6-10-11(13)4-3-5-12(10)17(9,15)16/h3-6,8,14H,7H2,1-2H3. The van der Waals surface area contributed by atoms with Crippen LogP contribution in [-0.2, 0) is 9.84 Å². The van der Waals surface area contributed by atoms with Gasteiger partial charge in [-0.15, -0.1) is 0 Å². The van der Waals surface area contributed by atoms with Crippen molar-refractivity contribution >= 4 is 31.8 Å². The first-order chi connectivity index (χ1) is 7.93. The van der Waals surface area contributed by atoms with Gasteiger partial charge in [0.25, 0.3) is 0 Å². The Morgan fingerprint density at radius 1 is 1.35 bits per heavy atom. The van der Waals surface area contributed by atoms with Crippen LogP contribution in [0.25, 0.3) is 6.08 Å². The van der Waals surface area contributed by atoms with Crippen molar-refractivity contribution in [2.45, 2.75) is 24.8 Å². The van der Waals surface area contributed by atoms with Gasteiger partial charge in [0, 0.05) is 22.6 Å². The molecule has 2 rings (SSSR count). The van der Waals surface area contributed by atoms with Crippen LogP contribution in [0.1, 0.15) is 19.4 Å². The molecule has 92 valence electrons. The quantitative estimate of drug-likeness (QED) is 0.932. The molecule has 5 heteroatoms. The van der Waals surface area contributed by atoms with Gasteiger partial charge in [0.15, 0.2) is 0 Å². The minimum absolute atomic E-state index is 0.262. The van der Waals surface area contributed by atoms with Crippen LogP contribution in [0.15, 0.2) is 32.5 Å². The third-order valence-electron chi connectivity index (χ3n) is 2.64. The normalized spacial score (nSPS) is 17.1. The lowest BCUT2D eigenvalue weighted by Gasteiger charge is -2.08. The minimum atomic E-state index is -3.30. The molecule has 0 radical (unpaired) electrons. The summed E-state index contributed by atoms with van der Waals surface area (Å²) < 4.78 is 25.3. The van der Waals surface area contributed by atoms with Gasteiger partial charge in [0.2, 0.25) is 9.84 Å². The molecule has 1 aromatic carbocycles. The number of rotatable bonds is 3. The Bertz CT molecular complexity index is 576. The molecule has 1 N–H and O–H groups in total. The Hall–Kier alpha value is -0.650. The van der Waals surface area contributed by atoms with E-state index in [-0.39, 0.29) is 6.04 Å². The lowest BCUT2D eigenvalue weighted by Crippen LogP contribution is -2.26. The van der Waals surface area contributed by atoms with Crippen molar-refractivity contribution in [3.63, 3.8) is 0 Å². The van der Waals surface area contributed by atoms with Crippen molar-refractivity contribution in [1.82, 2.24) is 5.32 Å². The summed E-state index contributed by atoms with van der Waals surface area (Å²) in [6.45, 7) is 4.36. The van der Waals surface area contributed by atoms with E-state index < -0.39 is 9.84 Å². The fourth-order valence-corrected chi connectivity index (χ4v) is 3.88. The molecule has 0 aliphatic carbocycles. The number of fused-ring (bicyclic) bond motifs is 1. The van der Waals surface area contributed by atoms with Gasteiger partial charge in [-0.3, -0.25) is 0 Å². The Morgan fingerprint density at radius 3 is 2.65 bits per heavy atom. The average Bonchev–Trinajstić information content (AvgIpc) is 2.50. The van der Waals surface area contributed by atoms with Crippen molar-refractivity contribution < 1.29 is 8.42 Å². The molecule has 0 atom stereocenters. The molecule has 17 heavy (non-hydrogen) atoms. The highest BCUT2D eigenvalue weighted by atomic mass is 79.9. The Labute approximate surface area is 110 Å². The highest BCUT2D eigenvalue weighted by Gasteiger charge is 2.30. The second-order valence-electron chi connectivity index (χ2n) is 4.30. The van der Waals surface area contributed by atoms with Crippen LogP contribution in [0.4, 0.5) is 0 Å². The summed E-state index contributed by atoms with van der Waals surface area (Å²) >= 11 is 3.38. The predicted octanol–water partition coefficient (Wildman–Crippen LogP) is 2.58. The zero-order chi connectivity index (χ0) is 12.6. The molecular formula is C12H14BrNO2S. The van der Waals surface area contributed by atoms with E-state index in [1.807, 2.05) is 19.9 Å². The average molecular weight is 316 g/mol. The van der Waals surface area contributed by atoms with Crippen LogP contribution in [0.3, 0.4) is 0 Å². The number of benzene rings is 1. The maximum Gasteiger partial charge on any atom is 0.204 e. The molecule has 1 aliphatic rings. The molecule has 1 aliphatic heterocycles. The number of hydrogen-bond acceptors (Lipinski definition) is 3. The maximum absolute atomic E-state index is 12.2. The van der Waals surface area contributed by atoms with Crippen molar-refractivity contribution in [1.29, 1.82) is 0 Å². The largest absolute Gasteiger partial charge is 0.310 e. The molecule has 0 amide bonds. The smallest absolute Gasteiger partial charge is 0.204 e. The van der Waals surface area contributed by atoms with Gasteiger partial charge in [-0.1, -0.05) is 35.8 Å². The Kier molecular flexibility index (Phi) is 3.43. The zero-order valence-electron chi connectivity index (χ0n) is 9.70. The first-order valence-corrected chi connectivity index (χ1v) is 7.68. The minimum Gasteiger partial charge on any atom is -0.310 e. The van der Waals surface area contributed by atoms with Gasteiger partial charge in [-0.2, -0.15) is 0 Å². The molecular weight excluding hydrogens is 302 g/mol. The summed E-state index contributed by atoms with van der Waals surface area (Å²) in [6, 6.07) is 5.50. The third kappa shape index (κ3) is 2.32. The molecule has 0 fully saturated rings. The highest BCUT2D eigenvalue weighted by Crippen LogP contribution is 2.36. The van der Waals surface area contributed by atoms with Crippen molar-refractivity contribution in [2.75, 3.05) is 6.54 Å². The molecule has 0 saturated carbocycles. The summed E-state index contributed by atoms with van der Waals surface area (Å²) in [4.78, 5) is 0.834. The lowest BCUT2D eigenvalue weighted by molar-refractivity contribution is 0.593. The fourth-order valence-electron chi connectivity index (χ4n) is 1.72. The van der Waals surface area contributed by atoms with Gasteiger partial charge < -0.3 is 5.32 Å². The van der Waals surface area contributed by atoms with Crippen molar-refractivity contribution in [3.8, 4) is 0 Å². The van der Waals surface area contributed by atoms with Crippen LogP contribution in [0.5, 0.6) is 0 Å². The van der Waals surface area contributed by atoms with E-state index in [4.69, 9.17) is 0 Å². The van der Waals surface area contributed by atoms with Crippen LogP contribution < -0.4 is 5.32 Å².